The lowest BCUT2D eigenvalue weighted by molar-refractivity contribution is 0.0698. The summed E-state index contributed by atoms with van der Waals surface area (Å²) in [6.07, 6.45) is 0. The Hall–Kier alpha value is -2.07. The number of sulfonamides is 1. The van der Waals surface area contributed by atoms with Crippen molar-refractivity contribution in [2.24, 2.45) is 0 Å². The van der Waals surface area contributed by atoms with Gasteiger partial charge in [-0.05, 0) is 11.4 Å². The van der Waals surface area contributed by atoms with Crippen molar-refractivity contribution in [3.05, 3.63) is 45.9 Å². The number of carboxylic acids is 1. The lowest BCUT2D eigenvalue weighted by Crippen LogP contribution is -2.17. The van der Waals surface area contributed by atoms with Crippen LogP contribution >= 0.6 is 11.3 Å². The lowest BCUT2D eigenvalue weighted by atomic mass is 10.3. The largest absolute Gasteiger partial charge is 0.477 e. The van der Waals surface area contributed by atoms with Gasteiger partial charge in [0.25, 0.3) is 10.0 Å². The summed E-state index contributed by atoms with van der Waals surface area (Å²) in [4.78, 5) is 9.74. The number of rotatable bonds is 4. The Morgan fingerprint density at radius 2 is 1.76 bits per heavy atom. The molecule has 0 spiro atoms. The molecule has 0 amide bonds. The first-order valence-electron chi connectivity index (χ1n) is 5.20. The van der Waals surface area contributed by atoms with Gasteiger partial charge in [-0.3, -0.25) is 4.72 Å². The first-order valence-corrected chi connectivity index (χ1v) is 7.57. The number of thiophene rings is 1. The van der Waals surface area contributed by atoms with Crippen molar-refractivity contribution in [3.63, 3.8) is 0 Å². The fraction of sp³-hybridized carbons (Fsp3) is 0. The van der Waals surface area contributed by atoms with E-state index in [-0.39, 0.29) is 0 Å². The van der Waals surface area contributed by atoms with Crippen LogP contribution in [0.1, 0.15) is 9.67 Å². The van der Waals surface area contributed by atoms with Crippen molar-refractivity contribution in [2.75, 3.05) is 4.72 Å². The zero-order valence-corrected chi connectivity index (χ0v) is 11.6. The minimum atomic E-state index is -4.53. The van der Waals surface area contributed by atoms with Gasteiger partial charge in [0, 0.05) is 12.1 Å². The van der Waals surface area contributed by atoms with Crippen molar-refractivity contribution in [3.8, 4) is 0 Å². The van der Waals surface area contributed by atoms with Crippen LogP contribution in [0.4, 0.5) is 18.9 Å². The molecule has 21 heavy (non-hydrogen) atoms. The van der Waals surface area contributed by atoms with Crippen LogP contribution in [0.25, 0.3) is 0 Å². The molecular weight excluding hydrogens is 331 g/mol. The molecule has 2 aromatic rings. The molecule has 1 heterocycles. The van der Waals surface area contributed by atoms with Crippen LogP contribution in [0, 0.1) is 17.5 Å². The molecule has 5 nitrogen and oxygen atoms in total. The Balaban J connectivity index is 2.48. The third-order valence-electron chi connectivity index (χ3n) is 2.36. The molecule has 112 valence electrons. The summed E-state index contributed by atoms with van der Waals surface area (Å²) < 4.78 is 65.1. The Bertz CT molecular complexity index is 794. The molecule has 1 aromatic heterocycles. The lowest BCUT2D eigenvalue weighted by Gasteiger charge is -2.09. The normalized spacial score (nSPS) is 11.4. The molecule has 0 aliphatic rings. The van der Waals surface area contributed by atoms with Gasteiger partial charge in [0.15, 0.2) is 11.6 Å². The molecule has 0 aliphatic heterocycles. The molecule has 10 heteroatoms. The SMILES string of the molecule is O=C(O)c1sccc1S(=O)(=O)Nc1c(F)cc(F)cc1F. The zero-order chi connectivity index (χ0) is 15.8. The highest BCUT2D eigenvalue weighted by molar-refractivity contribution is 7.93. The molecule has 0 aliphatic carbocycles. The van der Waals surface area contributed by atoms with Crippen LogP contribution < -0.4 is 4.72 Å². The molecule has 0 saturated heterocycles. The monoisotopic (exact) mass is 337 g/mol. The maximum Gasteiger partial charge on any atom is 0.347 e. The van der Waals surface area contributed by atoms with Gasteiger partial charge in [-0.15, -0.1) is 11.3 Å². The topological polar surface area (TPSA) is 83.5 Å². The van der Waals surface area contributed by atoms with Crippen LogP contribution in [0.3, 0.4) is 0 Å². The second kappa shape index (κ2) is 5.37. The number of halogens is 3. The van der Waals surface area contributed by atoms with E-state index in [1.807, 2.05) is 0 Å². The molecule has 2 N–H and O–H groups in total. The van der Waals surface area contributed by atoms with Crippen LogP contribution in [0.5, 0.6) is 0 Å². The minimum Gasteiger partial charge on any atom is -0.477 e. The van der Waals surface area contributed by atoms with Crippen molar-refractivity contribution >= 4 is 33.0 Å². The van der Waals surface area contributed by atoms with Gasteiger partial charge < -0.3 is 5.11 Å². The molecule has 0 atom stereocenters. The Morgan fingerprint density at radius 1 is 1.19 bits per heavy atom. The van der Waals surface area contributed by atoms with E-state index in [2.05, 4.69) is 0 Å². The van der Waals surface area contributed by atoms with E-state index < -0.39 is 48.9 Å². The van der Waals surface area contributed by atoms with Crippen molar-refractivity contribution in [1.29, 1.82) is 0 Å². The van der Waals surface area contributed by atoms with E-state index in [0.29, 0.717) is 23.5 Å². The summed E-state index contributed by atoms with van der Waals surface area (Å²) >= 11 is 0.640. The first-order chi connectivity index (χ1) is 9.72. The molecule has 0 saturated carbocycles. The van der Waals surface area contributed by atoms with Gasteiger partial charge in [-0.1, -0.05) is 0 Å². The average molecular weight is 337 g/mol. The van der Waals surface area contributed by atoms with Crippen molar-refractivity contribution < 1.29 is 31.5 Å². The van der Waals surface area contributed by atoms with E-state index in [1.165, 1.54) is 5.38 Å². The van der Waals surface area contributed by atoms with Gasteiger partial charge in [0.05, 0.1) is 0 Å². The Morgan fingerprint density at radius 3 is 2.29 bits per heavy atom. The fourth-order valence-electron chi connectivity index (χ4n) is 1.49. The van der Waals surface area contributed by atoms with E-state index in [0.717, 1.165) is 6.07 Å². The number of hydrogen-bond acceptors (Lipinski definition) is 4. The number of hydrogen-bond donors (Lipinski definition) is 2. The third kappa shape index (κ3) is 3.00. The van der Waals surface area contributed by atoms with Crippen LogP contribution in [0.15, 0.2) is 28.5 Å². The van der Waals surface area contributed by atoms with Gasteiger partial charge in [-0.2, -0.15) is 0 Å². The van der Waals surface area contributed by atoms with Crippen molar-refractivity contribution in [1.82, 2.24) is 0 Å². The summed E-state index contributed by atoms with van der Waals surface area (Å²) in [6, 6.07) is 1.58. The quantitative estimate of drug-likeness (QED) is 0.898. The molecule has 0 radical (unpaired) electrons. The molecule has 0 bridgehead atoms. The van der Waals surface area contributed by atoms with Gasteiger partial charge in [0.2, 0.25) is 0 Å². The average Bonchev–Trinajstić information content (AvgIpc) is 2.83. The summed E-state index contributed by atoms with van der Waals surface area (Å²) in [6.45, 7) is 0. The predicted octanol–water partition coefficient (Wildman–Crippen LogP) is 2.66. The maximum atomic E-state index is 13.4. The summed E-state index contributed by atoms with van der Waals surface area (Å²) in [5.74, 6) is -5.62. The highest BCUT2D eigenvalue weighted by Crippen LogP contribution is 2.27. The number of nitrogens with one attached hydrogen (secondary N) is 1. The molecule has 2 rings (SSSR count). The summed E-state index contributed by atoms with van der Waals surface area (Å²) in [7, 11) is -4.53. The minimum absolute atomic E-state index is 0.298. The van der Waals surface area contributed by atoms with Gasteiger partial charge >= 0.3 is 5.97 Å². The zero-order valence-electron chi connectivity index (χ0n) is 9.93. The second-order valence-electron chi connectivity index (χ2n) is 3.77. The van der Waals surface area contributed by atoms with Crippen LogP contribution in [0.2, 0.25) is 0 Å². The van der Waals surface area contributed by atoms with E-state index in [1.54, 1.807) is 4.72 Å². The molecule has 1 aromatic carbocycles. The second-order valence-corrected chi connectivity index (χ2v) is 6.34. The van der Waals surface area contributed by atoms with Crippen LogP contribution in [-0.2, 0) is 10.0 Å². The number of benzene rings is 1. The van der Waals surface area contributed by atoms with Gasteiger partial charge in [-0.25, -0.2) is 26.4 Å². The number of aromatic carboxylic acids is 1. The van der Waals surface area contributed by atoms with Crippen LogP contribution in [-0.4, -0.2) is 19.5 Å². The first kappa shape index (κ1) is 15.3. The van der Waals surface area contributed by atoms with Crippen molar-refractivity contribution in [2.45, 2.75) is 4.90 Å². The van der Waals surface area contributed by atoms with E-state index >= 15 is 0 Å². The summed E-state index contributed by atoms with van der Waals surface area (Å²) in [5.41, 5.74) is -1.08. The Kier molecular flexibility index (Phi) is 3.92. The molecule has 0 fully saturated rings. The fourth-order valence-corrected chi connectivity index (χ4v) is 3.83. The number of carbonyl (C=O) groups is 1. The third-order valence-corrected chi connectivity index (χ3v) is 4.78. The maximum absolute atomic E-state index is 13.4. The Labute approximate surface area is 120 Å². The highest BCUT2D eigenvalue weighted by Gasteiger charge is 2.26. The smallest absolute Gasteiger partial charge is 0.347 e. The predicted molar refractivity (Wildman–Crippen MR) is 68.4 cm³/mol. The molecule has 0 unspecified atom stereocenters. The van der Waals surface area contributed by atoms with E-state index in [4.69, 9.17) is 5.11 Å². The van der Waals surface area contributed by atoms with E-state index in [9.17, 15) is 26.4 Å². The standard InChI is InChI=1S/C11H6F3NO4S2/c12-5-3-6(13)9(7(14)4-5)15-21(18,19)8-1-2-20-10(8)11(16)17/h1-4,15H,(H,16,17). The summed E-state index contributed by atoms with van der Waals surface area (Å²) in [5, 5.41) is 10.1. The van der Waals surface area contributed by atoms with Gasteiger partial charge in [0.1, 0.15) is 21.3 Å². The molecular formula is C11H6F3NO4S2. The number of carboxylic acid groups (broad SMARTS) is 1. The number of anilines is 1. The highest BCUT2D eigenvalue weighted by atomic mass is 32.2.